The van der Waals surface area contributed by atoms with Gasteiger partial charge >= 0.3 is 6.03 Å². The van der Waals surface area contributed by atoms with Crippen molar-refractivity contribution in [3.8, 4) is 10.6 Å². The van der Waals surface area contributed by atoms with Gasteiger partial charge in [-0.1, -0.05) is 18.6 Å². The number of hydrogen-bond donors (Lipinski definition) is 2. The molecule has 0 aliphatic carbocycles. The molecular weight excluding hydrogens is 330 g/mol. The monoisotopic (exact) mass is 351 g/mol. The van der Waals surface area contributed by atoms with Gasteiger partial charge in [0.2, 0.25) is 0 Å². The molecule has 0 saturated carbocycles. The van der Waals surface area contributed by atoms with Crippen LogP contribution in [0.4, 0.5) is 10.5 Å². The first-order valence-corrected chi connectivity index (χ1v) is 9.07. The number of rotatable bonds is 4. The Morgan fingerprint density at radius 2 is 1.96 bits per heavy atom. The zero-order valence-electron chi connectivity index (χ0n) is 14.6. The Hall–Kier alpha value is -2.66. The molecule has 0 aliphatic rings. The van der Waals surface area contributed by atoms with Crippen molar-refractivity contribution in [1.29, 1.82) is 0 Å². The fourth-order valence-corrected chi connectivity index (χ4v) is 3.38. The average Bonchev–Trinajstić information content (AvgIpc) is 3.03. The number of urea groups is 1. The second-order valence-corrected chi connectivity index (χ2v) is 7.04. The molecule has 0 spiro atoms. The van der Waals surface area contributed by atoms with Crippen molar-refractivity contribution < 1.29 is 4.79 Å². The van der Waals surface area contributed by atoms with Crippen LogP contribution >= 0.6 is 11.3 Å². The van der Waals surface area contributed by atoms with Crippen LogP contribution in [-0.2, 0) is 0 Å². The van der Waals surface area contributed by atoms with E-state index in [1.807, 2.05) is 38.1 Å². The molecule has 25 heavy (non-hydrogen) atoms. The van der Waals surface area contributed by atoms with Crippen molar-refractivity contribution in [3.63, 3.8) is 0 Å². The maximum absolute atomic E-state index is 11.9. The van der Waals surface area contributed by atoms with Crippen molar-refractivity contribution in [3.05, 3.63) is 59.8 Å². The van der Waals surface area contributed by atoms with Gasteiger partial charge in [0.15, 0.2) is 0 Å². The minimum atomic E-state index is -0.240. The lowest BCUT2D eigenvalue weighted by atomic mass is 10.2. The van der Waals surface area contributed by atoms with Gasteiger partial charge in [-0.25, -0.2) is 9.78 Å². The van der Waals surface area contributed by atoms with Crippen LogP contribution in [0.25, 0.3) is 20.8 Å². The van der Waals surface area contributed by atoms with E-state index in [1.165, 1.54) is 10.3 Å². The predicted molar refractivity (Wildman–Crippen MR) is 106 cm³/mol. The summed E-state index contributed by atoms with van der Waals surface area (Å²) in [7, 11) is 0. The highest BCUT2D eigenvalue weighted by molar-refractivity contribution is 7.21. The van der Waals surface area contributed by atoms with E-state index < -0.39 is 0 Å². The molecule has 0 fully saturated rings. The summed E-state index contributed by atoms with van der Waals surface area (Å²) >= 11 is 1.68. The number of fused-ring (bicyclic) bond motifs is 1. The summed E-state index contributed by atoms with van der Waals surface area (Å²) in [4.78, 5) is 16.5. The molecule has 0 radical (unpaired) electrons. The zero-order chi connectivity index (χ0) is 17.8. The van der Waals surface area contributed by atoms with Crippen molar-refractivity contribution in [2.75, 3.05) is 5.32 Å². The number of allylic oxidation sites excluding steroid dienone is 1. The van der Waals surface area contributed by atoms with Crippen LogP contribution in [0.1, 0.15) is 25.8 Å². The van der Waals surface area contributed by atoms with Crippen LogP contribution in [0.5, 0.6) is 0 Å². The molecule has 0 saturated heterocycles. The van der Waals surface area contributed by atoms with Gasteiger partial charge in [-0.2, -0.15) is 0 Å². The van der Waals surface area contributed by atoms with Crippen LogP contribution in [0, 0.1) is 6.92 Å². The summed E-state index contributed by atoms with van der Waals surface area (Å²) in [5, 5.41) is 6.54. The van der Waals surface area contributed by atoms with Crippen LogP contribution in [0.15, 0.2) is 54.2 Å². The van der Waals surface area contributed by atoms with Crippen LogP contribution in [0.3, 0.4) is 0 Å². The highest BCUT2D eigenvalue weighted by atomic mass is 32.1. The highest BCUT2D eigenvalue weighted by Gasteiger charge is 2.07. The minimum Gasteiger partial charge on any atom is -0.314 e. The Labute approximate surface area is 151 Å². The molecule has 3 rings (SSSR count). The summed E-state index contributed by atoms with van der Waals surface area (Å²) in [6.07, 6.45) is 2.64. The Kier molecular flexibility index (Phi) is 5.14. The predicted octanol–water partition coefficient (Wildman–Crippen LogP) is 5.71. The van der Waals surface area contributed by atoms with Crippen molar-refractivity contribution in [2.45, 2.75) is 27.2 Å². The molecule has 128 valence electrons. The maximum atomic E-state index is 11.9. The van der Waals surface area contributed by atoms with E-state index in [-0.39, 0.29) is 6.03 Å². The molecule has 2 aromatic carbocycles. The molecule has 0 aliphatic heterocycles. The van der Waals surface area contributed by atoms with E-state index >= 15 is 0 Å². The molecule has 2 amide bonds. The van der Waals surface area contributed by atoms with Gasteiger partial charge in [0.05, 0.1) is 10.2 Å². The molecule has 1 aromatic heterocycles. The number of amides is 2. The molecule has 2 N–H and O–H groups in total. The van der Waals surface area contributed by atoms with E-state index in [9.17, 15) is 4.79 Å². The lowest BCUT2D eigenvalue weighted by molar-refractivity contribution is 0.255. The highest BCUT2D eigenvalue weighted by Crippen LogP contribution is 2.31. The Bertz CT molecular complexity index is 926. The topological polar surface area (TPSA) is 54.0 Å². The lowest BCUT2D eigenvalue weighted by Gasteiger charge is -2.06. The van der Waals surface area contributed by atoms with E-state index in [0.29, 0.717) is 0 Å². The molecule has 0 unspecified atom stereocenters. The maximum Gasteiger partial charge on any atom is 0.323 e. The van der Waals surface area contributed by atoms with Gasteiger partial charge in [-0.05, 0) is 62.2 Å². The number of thiazole rings is 1. The second-order valence-electron chi connectivity index (χ2n) is 6.01. The van der Waals surface area contributed by atoms with Crippen molar-refractivity contribution >= 4 is 33.3 Å². The third kappa shape index (κ3) is 4.25. The first-order valence-electron chi connectivity index (χ1n) is 8.26. The first-order chi connectivity index (χ1) is 12.0. The fraction of sp³-hybridized carbons (Fsp3) is 0.200. The van der Waals surface area contributed by atoms with Crippen molar-refractivity contribution in [1.82, 2.24) is 10.3 Å². The Morgan fingerprint density at radius 1 is 1.20 bits per heavy atom. The summed E-state index contributed by atoms with van der Waals surface area (Å²) in [6.45, 7) is 6.11. The van der Waals surface area contributed by atoms with Crippen LogP contribution in [-0.4, -0.2) is 11.0 Å². The number of benzene rings is 2. The normalized spacial score (nSPS) is 11.6. The van der Waals surface area contributed by atoms with E-state index in [0.717, 1.165) is 33.8 Å². The molecule has 3 aromatic rings. The minimum absolute atomic E-state index is 0.240. The van der Waals surface area contributed by atoms with E-state index in [1.54, 1.807) is 17.5 Å². The van der Waals surface area contributed by atoms with E-state index in [2.05, 4.69) is 40.7 Å². The molecule has 1 heterocycles. The average molecular weight is 351 g/mol. The van der Waals surface area contributed by atoms with Gasteiger partial charge in [-0.15, -0.1) is 11.3 Å². The third-order valence-electron chi connectivity index (χ3n) is 3.94. The molecular formula is C20H21N3OS. The summed E-state index contributed by atoms with van der Waals surface area (Å²) in [5.41, 5.74) is 5.18. The third-order valence-corrected chi connectivity index (χ3v) is 5.01. The number of carbonyl (C=O) groups is 1. The van der Waals surface area contributed by atoms with E-state index in [4.69, 9.17) is 0 Å². The fourth-order valence-electron chi connectivity index (χ4n) is 2.31. The van der Waals surface area contributed by atoms with Gasteiger partial charge in [-0.3, -0.25) is 0 Å². The quantitative estimate of drug-likeness (QED) is 0.633. The number of anilines is 1. The number of nitrogens with zero attached hydrogens (tertiary/aromatic N) is 1. The molecule has 0 atom stereocenters. The summed E-state index contributed by atoms with van der Waals surface area (Å²) < 4.78 is 1.19. The second kappa shape index (κ2) is 7.49. The molecule has 0 bridgehead atoms. The van der Waals surface area contributed by atoms with Gasteiger partial charge in [0.1, 0.15) is 5.01 Å². The van der Waals surface area contributed by atoms with Gasteiger partial charge in [0.25, 0.3) is 0 Å². The van der Waals surface area contributed by atoms with Crippen LogP contribution in [0.2, 0.25) is 0 Å². The number of hydrogen-bond acceptors (Lipinski definition) is 3. The van der Waals surface area contributed by atoms with Gasteiger partial charge in [0, 0.05) is 17.5 Å². The first kappa shape index (κ1) is 17.2. The Balaban J connectivity index is 1.72. The molecule has 5 heteroatoms. The number of nitrogens with one attached hydrogen (secondary N) is 2. The summed E-state index contributed by atoms with van der Waals surface area (Å²) in [6, 6.07) is 13.8. The zero-order valence-corrected chi connectivity index (χ0v) is 15.4. The smallest absolute Gasteiger partial charge is 0.314 e. The van der Waals surface area contributed by atoms with Gasteiger partial charge < -0.3 is 10.6 Å². The number of aryl methyl sites for hydroxylation is 1. The lowest BCUT2D eigenvalue weighted by Crippen LogP contribution is -2.24. The summed E-state index contributed by atoms with van der Waals surface area (Å²) in [5.74, 6) is 0. The number of carbonyl (C=O) groups excluding carboxylic acids is 1. The van der Waals surface area contributed by atoms with Crippen LogP contribution < -0.4 is 10.6 Å². The SMILES string of the molecule is CC/C(C)=C/NC(=O)Nc1ccc(-c2nc3ccc(C)cc3s2)cc1. The molecule has 4 nitrogen and oxygen atoms in total. The van der Waals surface area contributed by atoms with Crippen molar-refractivity contribution in [2.24, 2.45) is 0 Å². The largest absolute Gasteiger partial charge is 0.323 e. The number of aromatic nitrogens is 1. The Morgan fingerprint density at radius 3 is 2.68 bits per heavy atom. The standard InChI is InChI=1S/C20H21N3OS/c1-4-13(2)12-21-20(24)22-16-8-6-15(7-9-16)19-23-17-10-5-14(3)11-18(17)25-19/h5-12H,4H2,1-3H3,(H2,21,22,24)/b13-12+.